The monoisotopic (exact) mass is 241 g/mol. The molecule has 0 saturated heterocycles. The zero-order chi connectivity index (χ0) is 13.3. The fraction of sp³-hybridized carbons (Fsp3) is 0.923. The topological polar surface area (TPSA) is 62.3 Å². The molecule has 0 heterocycles. The Hall–Kier alpha value is -0.630. The Morgan fingerprint density at radius 3 is 2.59 bits per heavy atom. The molecule has 2 unspecified atom stereocenters. The molecule has 0 saturated carbocycles. The van der Waals surface area contributed by atoms with Crippen molar-refractivity contribution in [3.8, 4) is 6.07 Å². The maximum atomic E-state index is 8.80. The standard InChI is InChI=1S/C13H27N3O/c1-5-16(12(2)10-17-4)9-7-6-8-13(3,15)11-14/h12H,5-10,15H2,1-4H3. The predicted molar refractivity (Wildman–Crippen MR) is 70.6 cm³/mol. The highest BCUT2D eigenvalue weighted by atomic mass is 16.5. The van der Waals surface area contributed by atoms with Crippen molar-refractivity contribution < 1.29 is 4.74 Å². The smallest absolute Gasteiger partial charge is 0.101 e. The number of rotatable bonds is 9. The Morgan fingerprint density at radius 1 is 1.47 bits per heavy atom. The van der Waals surface area contributed by atoms with Crippen molar-refractivity contribution in [1.82, 2.24) is 4.90 Å². The first-order valence-corrected chi connectivity index (χ1v) is 6.40. The van der Waals surface area contributed by atoms with E-state index >= 15 is 0 Å². The summed E-state index contributed by atoms with van der Waals surface area (Å²) in [5.74, 6) is 0. The summed E-state index contributed by atoms with van der Waals surface area (Å²) in [6.07, 6.45) is 2.84. The van der Waals surface area contributed by atoms with Gasteiger partial charge in [-0.15, -0.1) is 0 Å². The minimum absolute atomic E-state index is 0.449. The molecule has 0 aromatic rings. The molecular weight excluding hydrogens is 214 g/mol. The molecule has 0 spiro atoms. The van der Waals surface area contributed by atoms with E-state index in [9.17, 15) is 0 Å². The first-order chi connectivity index (χ1) is 7.96. The SMILES string of the molecule is CCN(CCCCC(C)(N)C#N)C(C)COC. The Morgan fingerprint density at radius 2 is 2.12 bits per heavy atom. The lowest BCUT2D eigenvalue weighted by atomic mass is 9.98. The number of unbranched alkanes of at least 4 members (excludes halogenated alkanes) is 1. The van der Waals surface area contributed by atoms with Gasteiger partial charge in [0.15, 0.2) is 0 Å². The Labute approximate surface area is 106 Å². The van der Waals surface area contributed by atoms with E-state index in [4.69, 9.17) is 15.7 Å². The van der Waals surface area contributed by atoms with Gasteiger partial charge in [0.2, 0.25) is 0 Å². The molecule has 0 aliphatic rings. The van der Waals surface area contributed by atoms with Gasteiger partial charge in [-0.25, -0.2) is 0 Å². The molecule has 100 valence electrons. The normalized spacial score (nSPS) is 16.5. The molecule has 2 N–H and O–H groups in total. The third-order valence-electron chi connectivity index (χ3n) is 3.08. The maximum Gasteiger partial charge on any atom is 0.101 e. The van der Waals surface area contributed by atoms with Gasteiger partial charge in [-0.3, -0.25) is 4.90 Å². The molecular formula is C13H27N3O. The molecule has 4 heteroatoms. The molecule has 0 aliphatic carbocycles. The van der Waals surface area contributed by atoms with E-state index in [1.165, 1.54) is 0 Å². The average Bonchev–Trinajstić information content (AvgIpc) is 2.29. The van der Waals surface area contributed by atoms with Crippen LogP contribution in [0, 0.1) is 11.3 Å². The second-order valence-electron chi connectivity index (χ2n) is 4.92. The van der Waals surface area contributed by atoms with Crippen LogP contribution in [0.25, 0.3) is 0 Å². The van der Waals surface area contributed by atoms with E-state index in [-0.39, 0.29) is 0 Å². The van der Waals surface area contributed by atoms with Crippen LogP contribution in [0.2, 0.25) is 0 Å². The quantitative estimate of drug-likeness (QED) is 0.625. The molecule has 0 aromatic carbocycles. The molecule has 0 fully saturated rings. The van der Waals surface area contributed by atoms with Gasteiger partial charge >= 0.3 is 0 Å². The minimum Gasteiger partial charge on any atom is -0.383 e. The van der Waals surface area contributed by atoms with Crippen LogP contribution in [0.4, 0.5) is 0 Å². The highest BCUT2D eigenvalue weighted by Gasteiger charge is 2.17. The van der Waals surface area contributed by atoms with E-state index in [0.717, 1.165) is 39.0 Å². The second-order valence-corrected chi connectivity index (χ2v) is 4.92. The zero-order valence-electron chi connectivity index (χ0n) is 11.7. The van der Waals surface area contributed by atoms with Gasteiger partial charge in [0.25, 0.3) is 0 Å². The first kappa shape index (κ1) is 16.4. The maximum absolute atomic E-state index is 8.80. The van der Waals surface area contributed by atoms with Crippen molar-refractivity contribution in [1.29, 1.82) is 5.26 Å². The number of nitrogens with zero attached hydrogens (tertiary/aromatic N) is 2. The number of hydrogen-bond acceptors (Lipinski definition) is 4. The molecule has 4 nitrogen and oxygen atoms in total. The molecule has 0 rings (SSSR count). The minimum atomic E-state index is -0.671. The van der Waals surface area contributed by atoms with Crippen LogP contribution < -0.4 is 5.73 Å². The summed E-state index contributed by atoms with van der Waals surface area (Å²) in [6, 6.07) is 2.58. The first-order valence-electron chi connectivity index (χ1n) is 6.40. The highest BCUT2D eigenvalue weighted by molar-refractivity contribution is 5.00. The van der Waals surface area contributed by atoms with E-state index in [2.05, 4.69) is 24.8 Å². The molecule has 0 aliphatic heterocycles. The molecule has 0 aromatic heterocycles. The van der Waals surface area contributed by atoms with Crippen LogP contribution in [0.3, 0.4) is 0 Å². The second kappa shape index (κ2) is 8.46. The van der Waals surface area contributed by atoms with Gasteiger partial charge in [-0.05, 0) is 46.2 Å². The van der Waals surface area contributed by atoms with Crippen LogP contribution in [0.5, 0.6) is 0 Å². The van der Waals surface area contributed by atoms with Crippen LogP contribution in [-0.4, -0.2) is 43.3 Å². The van der Waals surface area contributed by atoms with Crippen molar-refractivity contribution in [2.75, 3.05) is 26.8 Å². The number of methoxy groups -OCH3 is 1. The largest absolute Gasteiger partial charge is 0.383 e. The van der Waals surface area contributed by atoms with Crippen LogP contribution in [0.15, 0.2) is 0 Å². The Kier molecular flexibility index (Phi) is 8.15. The molecule has 17 heavy (non-hydrogen) atoms. The van der Waals surface area contributed by atoms with Gasteiger partial charge in [0.1, 0.15) is 5.54 Å². The predicted octanol–water partition coefficient (Wildman–Crippen LogP) is 1.75. The third-order valence-corrected chi connectivity index (χ3v) is 3.08. The molecule has 0 bridgehead atoms. The lowest BCUT2D eigenvalue weighted by Crippen LogP contribution is -2.37. The van der Waals surface area contributed by atoms with Gasteiger partial charge in [0.05, 0.1) is 12.7 Å². The molecule has 0 amide bonds. The van der Waals surface area contributed by atoms with Gasteiger partial charge < -0.3 is 10.5 Å². The van der Waals surface area contributed by atoms with Crippen LogP contribution in [0.1, 0.15) is 40.0 Å². The third kappa shape index (κ3) is 7.32. The summed E-state index contributed by atoms with van der Waals surface area (Å²) in [5, 5.41) is 8.80. The Balaban J connectivity index is 3.82. The van der Waals surface area contributed by atoms with Crippen molar-refractivity contribution >= 4 is 0 Å². The fourth-order valence-corrected chi connectivity index (χ4v) is 1.90. The number of likely N-dealkylation sites (N-methyl/N-ethyl adjacent to an activating group) is 1. The van der Waals surface area contributed by atoms with Gasteiger partial charge in [-0.2, -0.15) is 5.26 Å². The Bertz CT molecular complexity index is 235. The van der Waals surface area contributed by atoms with Crippen molar-refractivity contribution in [2.45, 2.75) is 51.6 Å². The van der Waals surface area contributed by atoms with Gasteiger partial charge in [-0.1, -0.05) is 6.92 Å². The average molecular weight is 241 g/mol. The summed E-state index contributed by atoms with van der Waals surface area (Å²) in [7, 11) is 1.73. The van der Waals surface area contributed by atoms with Crippen molar-refractivity contribution in [2.24, 2.45) is 5.73 Å². The van der Waals surface area contributed by atoms with E-state index < -0.39 is 5.54 Å². The zero-order valence-corrected chi connectivity index (χ0v) is 11.7. The van der Waals surface area contributed by atoms with Crippen LogP contribution in [-0.2, 0) is 4.74 Å². The highest BCUT2D eigenvalue weighted by Crippen LogP contribution is 2.10. The van der Waals surface area contributed by atoms with E-state index in [0.29, 0.717) is 6.04 Å². The number of nitrogens with two attached hydrogens (primary N) is 1. The summed E-state index contributed by atoms with van der Waals surface area (Å²) in [4.78, 5) is 2.39. The lowest BCUT2D eigenvalue weighted by Gasteiger charge is -2.27. The number of hydrogen-bond donors (Lipinski definition) is 1. The lowest BCUT2D eigenvalue weighted by molar-refractivity contribution is 0.101. The summed E-state index contributed by atoms with van der Waals surface area (Å²) in [6.45, 7) is 8.97. The molecule has 2 atom stereocenters. The van der Waals surface area contributed by atoms with E-state index in [1.807, 2.05) is 0 Å². The van der Waals surface area contributed by atoms with E-state index in [1.54, 1.807) is 14.0 Å². The van der Waals surface area contributed by atoms with Crippen LogP contribution >= 0.6 is 0 Å². The van der Waals surface area contributed by atoms with Crippen molar-refractivity contribution in [3.05, 3.63) is 0 Å². The number of nitriles is 1. The fourth-order valence-electron chi connectivity index (χ4n) is 1.90. The number of ether oxygens (including phenoxy) is 1. The summed E-state index contributed by atoms with van der Waals surface area (Å²) >= 11 is 0. The summed E-state index contributed by atoms with van der Waals surface area (Å²) < 4.78 is 5.16. The molecule has 0 radical (unpaired) electrons. The van der Waals surface area contributed by atoms with Gasteiger partial charge in [0, 0.05) is 13.2 Å². The van der Waals surface area contributed by atoms with Crippen molar-refractivity contribution in [3.63, 3.8) is 0 Å². The summed E-state index contributed by atoms with van der Waals surface area (Å²) in [5.41, 5.74) is 5.11.